The molecule has 0 aliphatic heterocycles. The van der Waals surface area contributed by atoms with E-state index >= 15 is 0 Å². The van der Waals surface area contributed by atoms with Crippen LogP contribution in [0.1, 0.15) is 25.3 Å². The number of anilines is 1. The highest BCUT2D eigenvalue weighted by Gasteiger charge is 1.87. The van der Waals surface area contributed by atoms with Crippen LogP contribution in [0.5, 0.6) is 0 Å². The molecule has 0 aromatic heterocycles. The predicted molar refractivity (Wildman–Crippen MR) is 59.4 cm³/mol. The lowest BCUT2D eigenvalue weighted by molar-refractivity contribution is 0.772. The molecule has 3 nitrogen and oxygen atoms in total. The molecule has 0 saturated heterocycles. The molecular formula is C11H17N3. The van der Waals surface area contributed by atoms with E-state index in [-0.39, 0.29) is 0 Å². The van der Waals surface area contributed by atoms with Gasteiger partial charge in [-0.05, 0) is 25.5 Å². The summed E-state index contributed by atoms with van der Waals surface area (Å²) < 4.78 is 0. The van der Waals surface area contributed by atoms with Gasteiger partial charge in [0.25, 0.3) is 0 Å². The topological polar surface area (TPSA) is 36.8 Å². The first-order valence-electron chi connectivity index (χ1n) is 5.02. The highest BCUT2D eigenvalue weighted by molar-refractivity contribution is 5.43. The molecule has 1 aromatic carbocycles. The maximum absolute atomic E-state index is 3.99. The fourth-order valence-corrected chi connectivity index (χ4v) is 1.00. The third kappa shape index (κ3) is 4.03. The van der Waals surface area contributed by atoms with E-state index < -0.39 is 0 Å². The first-order valence-corrected chi connectivity index (χ1v) is 5.02. The van der Waals surface area contributed by atoms with Crippen molar-refractivity contribution in [3.05, 3.63) is 29.8 Å². The van der Waals surface area contributed by atoms with Crippen LogP contribution in [0.3, 0.4) is 0 Å². The number of aryl methyl sites for hydroxylation is 1. The summed E-state index contributed by atoms with van der Waals surface area (Å²) in [6.07, 6.45) is 2.25. The van der Waals surface area contributed by atoms with Gasteiger partial charge in [0.1, 0.15) is 0 Å². The summed E-state index contributed by atoms with van der Waals surface area (Å²) in [6.45, 7) is 5.00. The van der Waals surface area contributed by atoms with Gasteiger partial charge in [0.2, 0.25) is 0 Å². The standard InChI is InChI=1S/C11H17N3/c1-3-4-9-12-14-13-11-7-5-10(2)6-8-11/h5-8H,3-4,9H2,1-2H3,(H,12,13). The average molecular weight is 191 g/mol. The highest BCUT2D eigenvalue weighted by Crippen LogP contribution is 2.08. The van der Waals surface area contributed by atoms with E-state index in [0.717, 1.165) is 25.1 Å². The molecular weight excluding hydrogens is 174 g/mol. The predicted octanol–water partition coefficient (Wildman–Crippen LogP) is 3.57. The van der Waals surface area contributed by atoms with Crippen molar-refractivity contribution in [1.82, 2.24) is 0 Å². The van der Waals surface area contributed by atoms with Gasteiger partial charge in [-0.15, -0.1) is 0 Å². The SMILES string of the molecule is CCCC/N=N\Nc1ccc(C)cc1. The zero-order valence-electron chi connectivity index (χ0n) is 8.83. The highest BCUT2D eigenvalue weighted by atomic mass is 15.4. The van der Waals surface area contributed by atoms with Crippen molar-refractivity contribution in [3.8, 4) is 0 Å². The number of rotatable bonds is 5. The molecule has 1 N–H and O–H groups in total. The summed E-state index contributed by atoms with van der Waals surface area (Å²) >= 11 is 0. The minimum atomic E-state index is 0.801. The normalized spacial score (nSPS) is 10.7. The molecule has 1 rings (SSSR count). The smallest absolute Gasteiger partial charge is 0.0620 e. The molecule has 0 unspecified atom stereocenters. The Kier molecular flexibility index (Phi) is 4.69. The molecule has 0 spiro atoms. The van der Waals surface area contributed by atoms with Gasteiger partial charge >= 0.3 is 0 Å². The third-order valence-corrected chi connectivity index (χ3v) is 1.91. The van der Waals surface area contributed by atoms with Gasteiger partial charge in [-0.1, -0.05) is 36.3 Å². The summed E-state index contributed by atoms with van der Waals surface area (Å²) in [7, 11) is 0. The zero-order chi connectivity index (χ0) is 10.2. The van der Waals surface area contributed by atoms with E-state index in [9.17, 15) is 0 Å². The van der Waals surface area contributed by atoms with Crippen LogP contribution in [0.25, 0.3) is 0 Å². The van der Waals surface area contributed by atoms with Crippen molar-refractivity contribution >= 4 is 5.69 Å². The Morgan fingerprint density at radius 3 is 2.57 bits per heavy atom. The van der Waals surface area contributed by atoms with Gasteiger partial charge in [0, 0.05) is 0 Å². The van der Waals surface area contributed by atoms with E-state index in [1.54, 1.807) is 0 Å². The Labute approximate surface area is 85.2 Å². The van der Waals surface area contributed by atoms with E-state index in [4.69, 9.17) is 0 Å². The summed E-state index contributed by atoms with van der Waals surface area (Å²) in [4.78, 5) is 0. The molecule has 1 aromatic rings. The van der Waals surface area contributed by atoms with Crippen molar-refractivity contribution in [2.24, 2.45) is 10.3 Å². The molecule has 3 heteroatoms. The quantitative estimate of drug-likeness (QED) is 0.431. The lowest BCUT2D eigenvalue weighted by Gasteiger charge is -1.98. The molecule has 0 aliphatic rings. The molecule has 0 amide bonds. The Bertz CT molecular complexity index is 277. The summed E-state index contributed by atoms with van der Waals surface area (Å²) in [5.41, 5.74) is 5.12. The summed E-state index contributed by atoms with van der Waals surface area (Å²) in [6, 6.07) is 8.08. The van der Waals surface area contributed by atoms with Crippen molar-refractivity contribution in [3.63, 3.8) is 0 Å². The molecule has 0 radical (unpaired) electrons. The molecule has 0 aliphatic carbocycles. The number of benzene rings is 1. The van der Waals surface area contributed by atoms with Gasteiger partial charge in [-0.2, -0.15) is 5.11 Å². The maximum Gasteiger partial charge on any atom is 0.0620 e. The lowest BCUT2D eigenvalue weighted by atomic mass is 10.2. The van der Waals surface area contributed by atoms with Crippen molar-refractivity contribution < 1.29 is 0 Å². The minimum Gasteiger partial charge on any atom is -0.260 e. The monoisotopic (exact) mass is 191 g/mol. The van der Waals surface area contributed by atoms with Gasteiger partial charge in [-0.3, -0.25) is 5.43 Å². The van der Waals surface area contributed by atoms with Crippen LogP contribution in [0.2, 0.25) is 0 Å². The molecule has 0 fully saturated rings. The van der Waals surface area contributed by atoms with E-state index in [0.29, 0.717) is 0 Å². The molecule has 0 saturated carbocycles. The van der Waals surface area contributed by atoms with Gasteiger partial charge in [0.15, 0.2) is 0 Å². The second-order valence-corrected chi connectivity index (χ2v) is 3.30. The fraction of sp³-hybridized carbons (Fsp3) is 0.455. The largest absolute Gasteiger partial charge is 0.260 e. The lowest BCUT2D eigenvalue weighted by Crippen LogP contribution is -1.87. The number of hydrogen-bond acceptors (Lipinski definition) is 2. The zero-order valence-corrected chi connectivity index (χ0v) is 8.83. The van der Waals surface area contributed by atoms with E-state index in [1.165, 1.54) is 5.56 Å². The van der Waals surface area contributed by atoms with Crippen molar-refractivity contribution in [2.75, 3.05) is 12.0 Å². The Morgan fingerprint density at radius 2 is 1.93 bits per heavy atom. The number of nitrogens with one attached hydrogen (secondary N) is 1. The van der Waals surface area contributed by atoms with Crippen LogP contribution < -0.4 is 5.43 Å². The minimum absolute atomic E-state index is 0.801. The number of hydrogen-bond donors (Lipinski definition) is 1. The van der Waals surface area contributed by atoms with E-state index in [1.807, 2.05) is 24.3 Å². The van der Waals surface area contributed by atoms with Gasteiger partial charge in [-0.25, -0.2) is 0 Å². The molecule has 0 atom stereocenters. The number of nitrogens with zero attached hydrogens (tertiary/aromatic N) is 2. The molecule has 0 heterocycles. The van der Waals surface area contributed by atoms with Crippen molar-refractivity contribution in [1.29, 1.82) is 0 Å². The van der Waals surface area contributed by atoms with Gasteiger partial charge < -0.3 is 0 Å². The molecule has 0 bridgehead atoms. The van der Waals surface area contributed by atoms with Crippen LogP contribution in [-0.4, -0.2) is 6.54 Å². The van der Waals surface area contributed by atoms with Crippen LogP contribution in [0.15, 0.2) is 34.6 Å². The molecule has 14 heavy (non-hydrogen) atoms. The Balaban J connectivity index is 2.30. The van der Waals surface area contributed by atoms with Crippen LogP contribution in [-0.2, 0) is 0 Å². The maximum atomic E-state index is 3.99. The summed E-state index contributed by atoms with van der Waals surface area (Å²) in [5.74, 6) is 0. The van der Waals surface area contributed by atoms with Crippen LogP contribution >= 0.6 is 0 Å². The third-order valence-electron chi connectivity index (χ3n) is 1.91. The fourth-order valence-electron chi connectivity index (χ4n) is 1.00. The second-order valence-electron chi connectivity index (χ2n) is 3.30. The van der Waals surface area contributed by atoms with Crippen LogP contribution in [0.4, 0.5) is 5.69 Å². The Morgan fingerprint density at radius 1 is 1.21 bits per heavy atom. The average Bonchev–Trinajstić information content (AvgIpc) is 2.21. The first-order chi connectivity index (χ1) is 6.83. The van der Waals surface area contributed by atoms with Gasteiger partial charge in [0.05, 0.1) is 12.2 Å². The second kappa shape index (κ2) is 6.13. The Hall–Kier alpha value is -1.38. The summed E-state index contributed by atoms with van der Waals surface area (Å²) in [5, 5.41) is 7.88. The van der Waals surface area contributed by atoms with Crippen LogP contribution in [0, 0.1) is 6.92 Å². The molecule has 76 valence electrons. The first kappa shape index (κ1) is 10.7. The number of unbranched alkanes of at least 4 members (excludes halogenated alkanes) is 1. The van der Waals surface area contributed by atoms with Crippen molar-refractivity contribution in [2.45, 2.75) is 26.7 Å². The van der Waals surface area contributed by atoms with E-state index in [2.05, 4.69) is 29.6 Å².